The summed E-state index contributed by atoms with van der Waals surface area (Å²) in [5, 5.41) is 0.418. The standard InChI is InChI=1S/C14H9N3O5/c1-21-14-15-7-6-10(16-14)13(20)22-17-11(18)8-4-2-3-5-9(8)12(17)19/h2-7H,1H3. The number of imide groups is 1. The lowest BCUT2D eigenvalue weighted by Gasteiger charge is -2.12. The topological polar surface area (TPSA) is 98.7 Å². The maximum atomic E-state index is 12.1. The van der Waals surface area contributed by atoms with Gasteiger partial charge in [-0.1, -0.05) is 17.2 Å². The third-order valence-electron chi connectivity index (χ3n) is 2.96. The maximum absolute atomic E-state index is 12.1. The van der Waals surface area contributed by atoms with E-state index in [0.29, 0.717) is 5.06 Å². The predicted octanol–water partition coefficient (Wildman–Crippen LogP) is 0.853. The van der Waals surface area contributed by atoms with Crippen LogP contribution in [0.2, 0.25) is 0 Å². The molecule has 0 radical (unpaired) electrons. The molecule has 2 aromatic rings. The Labute approximate surface area is 124 Å². The Morgan fingerprint density at radius 3 is 2.32 bits per heavy atom. The van der Waals surface area contributed by atoms with Gasteiger partial charge < -0.3 is 9.57 Å². The van der Waals surface area contributed by atoms with Gasteiger partial charge in [-0.15, -0.1) is 0 Å². The Kier molecular flexibility index (Phi) is 3.26. The van der Waals surface area contributed by atoms with Gasteiger partial charge in [0.25, 0.3) is 11.8 Å². The molecule has 2 heterocycles. The highest BCUT2D eigenvalue weighted by molar-refractivity contribution is 6.21. The van der Waals surface area contributed by atoms with Gasteiger partial charge in [-0.3, -0.25) is 9.59 Å². The van der Waals surface area contributed by atoms with E-state index in [9.17, 15) is 14.4 Å². The molecule has 8 heteroatoms. The summed E-state index contributed by atoms with van der Waals surface area (Å²) in [7, 11) is 1.34. The first-order valence-electron chi connectivity index (χ1n) is 6.19. The minimum atomic E-state index is -0.963. The van der Waals surface area contributed by atoms with Gasteiger partial charge in [0, 0.05) is 6.20 Å². The van der Waals surface area contributed by atoms with Crippen molar-refractivity contribution < 1.29 is 24.0 Å². The number of hydrogen-bond acceptors (Lipinski definition) is 7. The van der Waals surface area contributed by atoms with Crippen molar-refractivity contribution in [2.75, 3.05) is 7.11 Å². The second-order valence-electron chi connectivity index (χ2n) is 4.26. The van der Waals surface area contributed by atoms with Gasteiger partial charge in [-0.05, 0) is 18.2 Å². The normalized spacial score (nSPS) is 13.0. The molecule has 1 aromatic heterocycles. The largest absolute Gasteiger partial charge is 0.467 e. The molecule has 8 nitrogen and oxygen atoms in total. The molecule has 0 spiro atoms. The van der Waals surface area contributed by atoms with Crippen LogP contribution >= 0.6 is 0 Å². The fourth-order valence-corrected chi connectivity index (χ4v) is 1.93. The molecule has 0 aliphatic carbocycles. The van der Waals surface area contributed by atoms with Gasteiger partial charge in [0.15, 0.2) is 5.69 Å². The zero-order chi connectivity index (χ0) is 15.7. The zero-order valence-corrected chi connectivity index (χ0v) is 11.3. The monoisotopic (exact) mass is 299 g/mol. The molecule has 0 fully saturated rings. The number of methoxy groups -OCH3 is 1. The van der Waals surface area contributed by atoms with Crippen molar-refractivity contribution in [3.05, 3.63) is 53.3 Å². The summed E-state index contributed by atoms with van der Waals surface area (Å²) < 4.78 is 4.79. The fourth-order valence-electron chi connectivity index (χ4n) is 1.93. The van der Waals surface area contributed by atoms with E-state index in [0.717, 1.165) is 0 Å². The summed E-state index contributed by atoms with van der Waals surface area (Å²) in [5.41, 5.74) is 0.226. The number of carbonyl (C=O) groups excluding carboxylic acids is 3. The number of nitrogens with zero attached hydrogens (tertiary/aromatic N) is 3. The molecule has 0 bridgehead atoms. The molecule has 0 unspecified atom stereocenters. The van der Waals surface area contributed by atoms with Crippen molar-refractivity contribution >= 4 is 17.8 Å². The number of aromatic nitrogens is 2. The van der Waals surface area contributed by atoms with Gasteiger partial charge in [0.1, 0.15) is 0 Å². The molecule has 0 atom stereocenters. The number of ether oxygens (including phenoxy) is 1. The van der Waals surface area contributed by atoms with E-state index in [4.69, 9.17) is 9.57 Å². The van der Waals surface area contributed by atoms with Crippen LogP contribution in [0.4, 0.5) is 0 Å². The van der Waals surface area contributed by atoms with Crippen LogP contribution in [-0.4, -0.2) is 39.9 Å². The zero-order valence-electron chi connectivity index (χ0n) is 11.3. The minimum Gasteiger partial charge on any atom is -0.467 e. The molecule has 1 aliphatic rings. The van der Waals surface area contributed by atoms with E-state index in [-0.39, 0.29) is 22.8 Å². The number of hydroxylamine groups is 2. The van der Waals surface area contributed by atoms with Gasteiger partial charge in [0.05, 0.1) is 18.2 Å². The fraction of sp³-hybridized carbons (Fsp3) is 0.0714. The molecular formula is C14H9N3O5. The van der Waals surface area contributed by atoms with Crippen LogP contribution in [-0.2, 0) is 4.84 Å². The van der Waals surface area contributed by atoms with Crippen molar-refractivity contribution in [1.82, 2.24) is 15.0 Å². The Morgan fingerprint density at radius 2 is 1.73 bits per heavy atom. The molecule has 2 amide bonds. The van der Waals surface area contributed by atoms with Crippen molar-refractivity contribution in [2.24, 2.45) is 0 Å². The van der Waals surface area contributed by atoms with Gasteiger partial charge in [0.2, 0.25) is 0 Å². The van der Waals surface area contributed by atoms with Crippen LogP contribution in [0.1, 0.15) is 31.2 Å². The highest BCUT2D eigenvalue weighted by Gasteiger charge is 2.39. The lowest BCUT2D eigenvalue weighted by atomic mass is 10.1. The molecule has 22 heavy (non-hydrogen) atoms. The quantitative estimate of drug-likeness (QED) is 0.775. The summed E-state index contributed by atoms with van der Waals surface area (Å²) >= 11 is 0. The van der Waals surface area contributed by atoms with E-state index in [1.807, 2.05) is 0 Å². The average Bonchev–Trinajstić information content (AvgIpc) is 2.80. The third-order valence-corrected chi connectivity index (χ3v) is 2.96. The van der Waals surface area contributed by atoms with Crippen molar-refractivity contribution in [3.63, 3.8) is 0 Å². The van der Waals surface area contributed by atoms with Crippen LogP contribution in [0.15, 0.2) is 36.5 Å². The number of hydrogen-bond donors (Lipinski definition) is 0. The predicted molar refractivity (Wildman–Crippen MR) is 70.9 cm³/mol. The van der Waals surface area contributed by atoms with E-state index >= 15 is 0 Å². The van der Waals surface area contributed by atoms with Gasteiger partial charge in [-0.2, -0.15) is 4.98 Å². The molecular weight excluding hydrogens is 290 g/mol. The summed E-state index contributed by atoms with van der Waals surface area (Å²) in [4.78, 5) is 48.5. The second kappa shape index (κ2) is 5.24. The first-order valence-corrected chi connectivity index (χ1v) is 6.19. The number of fused-ring (bicyclic) bond motifs is 1. The smallest absolute Gasteiger partial charge is 0.382 e. The van der Waals surface area contributed by atoms with E-state index in [2.05, 4.69) is 9.97 Å². The summed E-state index contributed by atoms with van der Waals surface area (Å²) in [6.45, 7) is 0. The van der Waals surface area contributed by atoms with Crippen LogP contribution < -0.4 is 4.74 Å². The number of carbonyl (C=O) groups is 3. The van der Waals surface area contributed by atoms with Crippen molar-refractivity contribution in [3.8, 4) is 6.01 Å². The highest BCUT2D eigenvalue weighted by atomic mass is 16.7. The molecule has 110 valence electrons. The summed E-state index contributed by atoms with van der Waals surface area (Å²) in [6, 6.07) is 7.45. The first kappa shape index (κ1) is 13.7. The molecule has 0 saturated carbocycles. The molecule has 0 N–H and O–H groups in total. The van der Waals surface area contributed by atoms with Gasteiger partial charge >= 0.3 is 12.0 Å². The summed E-state index contributed by atoms with van der Waals surface area (Å²) in [5.74, 6) is -2.36. The molecule has 0 saturated heterocycles. The number of amides is 2. The lowest BCUT2D eigenvalue weighted by Crippen LogP contribution is -2.33. The highest BCUT2D eigenvalue weighted by Crippen LogP contribution is 2.23. The Balaban J connectivity index is 1.84. The van der Waals surface area contributed by atoms with E-state index < -0.39 is 17.8 Å². The van der Waals surface area contributed by atoms with Crippen molar-refractivity contribution in [2.45, 2.75) is 0 Å². The minimum absolute atomic E-state index is 0.0307. The lowest BCUT2D eigenvalue weighted by molar-refractivity contribution is -0.0588. The first-order chi connectivity index (χ1) is 10.6. The SMILES string of the molecule is COc1nccc(C(=O)ON2C(=O)c3ccccc3C2=O)n1. The van der Waals surface area contributed by atoms with Crippen LogP contribution in [0, 0.1) is 0 Å². The molecule has 3 rings (SSSR count). The number of rotatable bonds is 3. The Bertz CT molecular complexity index is 755. The van der Waals surface area contributed by atoms with E-state index in [1.54, 1.807) is 12.1 Å². The van der Waals surface area contributed by atoms with Crippen molar-refractivity contribution in [1.29, 1.82) is 0 Å². The van der Waals surface area contributed by atoms with Gasteiger partial charge in [-0.25, -0.2) is 9.78 Å². The van der Waals surface area contributed by atoms with Crippen LogP contribution in [0.25, 0.3) is 0 Å². The molecule has 1 aliphatic heterocycles. The van der Waals surface area contributed by atoms with E-state index in [1.165, 1.54) is 31.5 Å². The second-order valence-corrected chi connectivity index (χ2v) is 4.26. The Hall–Kier alpha value is -3.29. The Morgan fingerprint density at radius 1 is 1.09 bits per heavy atom. The summed E-state index contributed by atoms with van der Waals surface area (Å²) in [6.07, 6.45) is 1.30. The van der Waals surface area contributed by atoms with Crippen LogP contribution in [0.5, 0.6) is 6.01 Å². The molecule has 1 aromatic carbocycles. The maximum Gasteiger partial charge on any atom is 0.382 e. The third kappa shape index (κ3) is 2.16. The number of benzene rings is 1. The average molecular weight is 299 g/mol. The van der Waals surface area contributed by atoms with Crippen LogP contribution in [0.3, 0.4) is 0 Å².